The molecule has 1 rings (SSSR count). The van der Waals surface area contributed by atoms with Crippen LogP contribution in [0.5, 0.6) is 0 Å². The van der Waals surface area contributed by atoms with Crippen molar-refractivity contribution in [3.8, 4) is 0 Å². The van der Waals surface area contributed by atoms with Crippen molar-refractivity contribution in [1.29, 1.82) is 0 Å². The smallest absolute Gasteiger partial charge is 0.229 e. The SMILES string of the molecule is CN(C)S(=O)(=O)c1ccc(CCS(N)(=O)=O)cc1. The van der Waals surface area contributed by atoms with Crippen LogP contribution in [0, 0.1) is 0 Å². The van der Waals surface area contributed by atoms with Gasteiger partial charge in [0.1, 0.15) is 0 Å². The molecule has 0 spiro atoms. The second-order valence-electron chi connectivity index (χ2n) is 4.05. The summed E-state index contributed by atoms with van der Waals surface area (Å²) in [5, 5.41) is 4.89. The normalized spacial score (nSPS) is 12.9. The number of nitrogens with two attached hydrogens (primary N) is 1. The van der Waals surface area contributed by atoms with Crippen molar-refractivity contribution in [1.82, 2.24) is 4.31 Å². The van der Waals surface area contributed by atoms with Crippen LogP contribution in [-0.4, -0.2) is 41.0 Å². The van der Waals surface area contributed by atoms with Gasteiger partial charge in [-0.25, -0.2) is 26.3 Å². The van der Waals surface area contributed by atoms with Crippen molar-refractivity contribution < 1.29 is 16.8 Å². The van der Waals surface area contributed by atoms with E-state index < -0.39 is 20.0 Å². The molecular weight excluding hydrogens is 276 g/mol. The summed E-state index contributed by atoms with van der Waals surface area (Å²) in [6.07, 6.45) is 0.265. The predicted octanol–water partition coefficient (Wildman–Crippen LogP) is -0.232. The van der Waals surface area contributed by atoms with Crippen LogP contribution >= 0.6 is 0 Å². The van der Waals surface area contributed by atoms with Crippen molar-refractivity contribution in [3.63, 3.8) is 0 Å². The second-order valence-corrected chi connectivity index (χ2v) is 7.93. The molecule has 0 aliphatic rings. The fourth-order valence-corrected chi connectivity index (χ4v) is 2.72. The van der Waals surface area contributed by atoms with Gasteiger partial charge >= 0.3 is 0 Å². The third-order valence-electron chi connectivity index (χ3n) is 2.38. The lowest BCUT2D eigenvalue weighted by Crippen LogP contribution is -2.22. The van der Waals surface area contributed by atoms with Gasteiger partial charge in [-0.3, -0.25) is 0 Å². The number of primary sulfonamides is 1. The molecule has 1 aromatic carbocycles. The standard InChI is InChI=1S/C10H16N2O4S2/c1-12(2)18(15,16)10-5-3-9(4-6-10)7-8-17(11,13)14/h3-6H,7-8H2,1-2H3,(H2,11,13,14). The fraction of sp³-hybridized carbons (Fsp3) is 0.400. The van der Waals surface area contributed by atoms with Crippen molar-refractivity contribution in [3.05, 3.63) is 29.8 Å². The van der Waals surface area contributed by atoms with Crippen LogP contribution in [0.25, 0.3) is 0 Å². The molecule has 102 valence electrons. The maximum Gasteiger partial charge on any atom is 0.242 e. The summed E-state index contributed by atoms with van der Waals surface area (Å²) < 4.78 is 46.2. The highest BCUT2D eigenvalue weighted by molar-refractivity contribution is 7.89. The molecule has 0 aromatic heterocycles. The van der Waals surface area contributed by atoms with Crippen LogP contribution in [0.4, 0.5) is 0 Å². The first-order chi connectivity index (χ1) is 8.13. The van der Waals surface area contributed by atoms with E-state index in [9.17, 15) is 16.8 Å². The van der Waals surface area contributed by atoms with Gasteiger partial charge in [0, 0.05) is 14.1 Å². The van der Waals surface area contributed by atoms with Gasteiger partial charge in [-0.2, -0.15) is 0 Å². The molecule has 8 heteroatoms. The number of rotatable bonds is 5. The van der Waals surface area contributed by atoms with Crippen molar-refractivity contribution in [2.45, 2.75) is 11.3 Å². The summed E-state index contributed by atoms with van der Waals surface area (Å²) >= 11 is 0. The summed E-state index contributed by atoms with van der Waals surface area (Å²) in [7, 11) is -4.05. The molecule has 0 aliphatic heterocycles. The maximum atomic E-state index is 11.8. The van der Waals surface area contributed by atoms with E-state index in [1.54, 1.807) is 12.1 Å². The second kappa shape index (κ2) is 5.35. The number of benzene rings is 1. The summed E-state index contributed by atoms with van der Waals surface area (Å²) in [6.45, 7) is 0. The van der Waals surface area contributed by atoms with Gasteiger partial charge in [0.2, 0.25) is 20.0 Å². The molecule has 1 aromatic rings. The molecule has 0 atom stereocenters. The van der Waals surface area contributed by atoms with E-state index >= 15 is 0 Å². The Hall–Kier alpha value is -0.960. The van der Waals surface area contributed by atoms with E-state index in [-0.39, 0.29) is 17.1 Å². The fourth-order valence-electron chi connectivity index (χ4n) is 1.30. The number of hydrogen-bond donors (Lipinski definition) is 1. The number of aryl methyl sites for hydroxylation is 1. The van der Waals surface area contributed by atoms with Crippen LogP contribution in [-0.2, 0) is 26.5 Å². The van der Waals surface area contributed by atoms with Gasteiger partial charge < -0.3 is 0 Å². The molecule has 0 saturated heterocycles. The summed E-state index contributed by atoms with van der Waals surface area (Å²) in [6, 6.07) is 6.07. The van der Waals surface area contributed by atoms with Gasteiger partial charge in [0.15, 0.2) is 0 Å². The van der Waals surface area contributed by atoms with Gasteiger partial charge in [0.05, 0.1) is 10.6 Å². The third kappa shape index (κ3) is 4.05. The minimum Gasteiger partial charge on any atom is -0.229 e. The zero-order chi connectivity index (χ0) is 14.0. The molecule has 0 amide bonds. The highest BCUT2D eigenvalue weighted by Crippen LogP contribution is 2.14. The van der Waals surface area contributed by atoms with Crippen molar-refractivity contribution in [2.75, 3.05) is 19.8 Å². The summed E-state index contributed by atoms with van der Waals surface area (Å²) in [4.78, 5) is 0.173. The van der Waals surface area contributed by atoms with Crippen molar-refractivity contribution >= 4 is 20.0 Å². The lowest BCUT2D eigenvalue weighted by Gasteiger charge is -2.11. The Bertz CT molecular complexity index is 604. The van der Waals surface area contributed by atoms with Gasteiger partial charge in [-0.1, -0.05) is 12.1 Å². The molecule has 0 fully saturated rings. The Morgan fingerprint density at radius 2 is 1.56 bits per heavy atom. The van der Waals surface area contributed by atoms with E-state index in [0.29, 0.717) is 0 Å². The summed E-state index contributed by atoms with van der Waals surface area (Å²) in [5.41, 5.74) is 0.724. The largest absolute Gasteiger partial charge is 0.242 e. The number of nitrogens with zero attached hydrogens (tertiary/aromatic N) is 1. The van der Waals surface area contributed by atoms with E-state index in [1.165, 1.54) is 26.2 Å². The Balaban J connectivity index is 2.88. The molecule has 2 N–H and O–H groups in total. The number of sulfonamides is 2. The van der Waals surface area contributed by atoms with Crippen LogP contribution in [0.2, 0.25) is 0 Å². The lowest BCUT2D eigenvalue weighted by atomic mass is 10.2. The van der Waals surface area contributed by atoms with Crippen LogP contribution in [0.1, 0.15) is 5.56 Å². The molecule has 18 heavy (non-hydrogen) atoms. The summed E-state index contributed by atoms with van der Waals surface area (Å²) in [5.74, 6) is -0.160. The van der Waals surface area contributed by atoms with E-state index in [2.05, 4.69) is 0 Å². The van der Waals surface area contributed by atoms with Crippen LogP contribution in [0.15, 0.2) is 29.2 Å². The average Bonchev–Trinajstić information content (AvgIpc) is 2.26. The molecule has 0 bridgehead atoms. The van der Waals surface area contributed by atoms with Crippen LogP contribution in [0.3, 0.4) is 0 Å². The van der Waals surface area contributed by atoms with Gasteiger partial charge in [0.25, 0.3) is 0 Å². The zero-order valence-corrected chi connectivity index (χ0v) is 11.8. The highest BCUT2D eigenvalue weighted by Gasteiger charge is 2.16. The van der Waals surface area contributed by atoms with E-state index in [1.807, 2.05) is 0 Å². The third-order valence-corrected chi connectivity index (χ3v) is 4.98. The quantitative estimate of drug-likeness (QED) is 0.810. The molecule has 6 nitrogen and oxygen atoms in total. The zero-order valence-electron chi connectivity index (χ0n) is 10.2. The lowest BCUT2D eigenvalue weighted by molar-refractivity contribution is 0.520. The Kier molecular flexibility index (Phi) is 4.49. The average molecular weight is 292 g/mol. The first-order valence-corrected chi connectivity index (χ1v) is 8.30. The maximum absolute atomic E-state index is 11.8. The number of hydrogen-bond acceptors (Lipinski definition) is 4. The Labute approximate surface area is 108 Å². The minimum absolute atomic E-state index is 0.160. The molecule has 0 saturated carbocycles. The molecular formula is C10H16N2O4S2. The molecule has 0 aliphatic carbocycles. The Morgan fingerprint density at radius 1 is 1.06 bits per heavy atom. The predicted molar refractivity (Wildman–Crippen MR) is 69.0 cm³/mol. The van der Waals surface area contributed by atoms with Crippen molar-refractivity contribution in [2.24, 2.45) is 5.14 Å². The van der Waals surface area contributed by atoms with E-state index in [0.717, 1.165) is 9.87 Å². The molecule has 0 heterocycles. The van der Waals surface area contributed by atoms with Gasteiger partial charge in [-0.05, 0) is 24.1 Å². The first kappa shape index (κ1) is 15.1. The van der Waals surface area contributed by atoms with E-state index in [4.69, 9.17) is 5.14 Å². The van der Waals surface area contributed by atoms with Gasteiger partial charge in [-0.15, -0.1) is 0 Å². The van der Waals surface area contributed by atoms with Crippen LogP contribution < -0.4 is 5.14 Å². The monoisotopic (exact) mass is 292 g/mol. The highest BCUT2D eigenvalue weighted by atomic mass is 32.2. The first-order valence-electron chi connectivity index (χ1n) is 5.15. The molecule has 0 unspecified atom stereocenters. The topological polar surface area (TPSA) is 97.5 Å². The Morgan fingerprint density at radius 3 is 1.94 bits per heavy atom. The minimum atomic E-state index is -3.50. The molecule has 0 radical (unpaired) electrons.